The van der Waals surface area contributed by atoms with Crippen molar-refractivity contribution in [3.63, 3.8) is 0 Å². The van der Waals surface area contributed by atoms with Crippen molar-refractivity contribution in [1.29, 1.82) is 0 Å². The number of nitrogens with zero attached hydrogens (tertiary/aromatic N) is 1. The topological polar surface area (TPSA) is 3.24 Å². The molecule has 3 aliphatic carbocycles. The van der Waals surface area contributed by atoms with E-state index < -0.39 is 0 Å². The lowest BCUT2D eigenvalue weighted by Crippen LogP contribution is -2.34. The molecule has 2 aromatic carbocycles. The fraction of sp³-hybridized carbons (Fsp3) is 0.500. The molecule has 1 heteroatoms. The summed E-state index contributed by atoms with van der Waals surface area (Å²) < 4.78 is 0. The van der Waals surface area contributed by atoms with Crippen LogP contribution in [0.15, 0.2) is 48.5 Å². The van der Waals surface area contributed by atoms with Crippen LogP contribution < -0.4 is 0 Å². The summed E-state index contributed by atoms with van der Waals surface area (Å²) in [7, 11) is 0. The molecule has 1 atom stereocenters. The van der Waals surface area contributed by atoms with Gasteiger partial charge in [-0.15, -0.1) is 0 Å². The molecule has 1 saturated heterocycles. The van der Waals surface area contributed by atoms with E-state index in [9.17, 15) is 0 Å². The van der Waals surface area contributed by atoms with Crippen LogP contribution in [0.1, 0.15) is 72.6 Å². The van der Waals surface area contributed by atoms with Gasteiger partial charge in [-0.3, -0.25) is 0 Å². The minimum atomic E-state index is 0.636. The molecule has 25 heavy (non-hydrogen) atoms. The maximum absolute atomic E-state index is 2.70. The number of fused-ring (bicyclic) bond motifs is 1. The van der Waals surface area contributed by atoms with Crippen LogP contribution in [-0.2, 0) is 0 Å². The summed E-state index contributed by atoms with van der Waals surface area (Å²) in [6.45, 7) is 3.99. The first-order valence-corrected chi connectivity index (χ1v) is 10.3. The Labute approximate surface area is 152 Å². The van der Waals surface area contributed by atoms with Crippen LogP contribution in [0.3, 0.4) is 0 Å². The Hall–Kier alpha value is -1.60. The van der Waals surface area contributed by atoms with Crippen LogP contribution in [0.4, 0.5) is 0 Å². The molecule has 6 rings (SSSR count). The maximum Gasteiger partial charge on any atom is 0.0124 e. The van der Waals surface area contributed by atoms with E-state index in [4.69, 9.17) is 0 Å². The zero-order valence-electron chi connectivity index (χ0n) is 15.2. The molecule has 2 bridgehead atoms. The van der Waals surface area contributed by atoms with Gasteiger partial charge in [-0.1, -0.05) is 55.0 Å². The monoisotopic (exact) mass is 331 g/mol. The Morgan fingerprint density at radius 1 is 0.760 bits per heavy atom. The lowest BCUT2D eigenvalue weighted by Gasteiger charge is -2.46. The van der Waals surface area contributed by atoms with Crippen LogP contribution in [0.25, 0.3) is 0 Å². The van der Waals surface area contributed by atoms with Gasteiger partial charge < -0.3 is 4.90 Å². The fourth-order valence-electron chi connectivity index (χ4n) is 5.80. The minimum Gasteiger partial charge on any atom is -0.303 e. The van der Waals surface area contributed by atoms with Gasteiger partial charge in [0.05, 0.1) is 0 Å². The van der Waals surface area contributed by atoms with Crippen molar-refractivity contribution < 1.29 is 0 Å². The summed E-state index contributed by atoms with van der Waals surface area (Å²) in [5.41, 5.74) is 6.47. The van der Waals surface area contributed by atoms with Gasteiger partial charge in [-0.05, 0) is 79.9 Å². The van der Waals surface area contributed by atoms with Gasteiger partial charge in [0.25, 0.3) is 0 Å². The van der Waals surface area contributed by atoms with Crippen molar-refractivity contribution in [3.05, 3.63) is 70.8 Å². The Morgan fingerprint density at radius 3 is 2.00 bits per heavy atom. The number of hydrogen-bond donors (Lipinski definition) is 0. The van der Waals surface area contributed by atoms with Gasteiger partial charge in [0.1, 0.15) is 0 Å². The number of piperidine rings is 1. The van der Waals surface area contributed by atoms with Gasteiger partial charge in [0.2, 0.25) is 0 Å². The molecule has 0 N–H and O–H groups in total. The highest BCUT2D eigenvalue weighted by Crippen LogP contribution is 2.56. The molecule has 1 heterocycles. The molecule has 130 valence electrons. The molecule has 1 fully saturated rings. The lowest BCUT2D eigenvalue weighted by molar-refractivity contribution is 0.213. The second-order valence-corrected chi connectivity index (χ2v) is 8.33. The molecule has 1 unspecified atom stereocenters. The third-order valence-corrected chi connectivity index (χ3v) is 6.92. The summed E-state index contributed by atoms with van der Waals surface area (Å²) in [6.07, 6.45) is 8.39. The third kappa shape index (κ3) is 2.73. The highest BCUT2D eigenvalue weighted by Gasteiger charge is 2.42. The number of hydrogen-bond acceptors (Lipinski definition) is 1. The van der Waals surface area contributed by atoms with E-state index in [-0.39, 0.29) is 0 Å². The van der Waals surface area contributed by atoms with Crippen molar-refractivity contribution in [3.8, 4) is 0 Å². The zero-order valence-corrected chi connectivity index (χ0v) is 15.2. The van der Waals surface area contributed by atoms with Crippen molar-refractivity contribution in [1.82, 2.24) is 4.90 Å². The van der Waals surface area contributed by atoms with Crippen LogP contribution in [0, 0.1) is 5.92 Å². The average Bonchev–Trinajstić information content (AvgIpc) is 2.69. The molecule has 1 nitrogen and oxygen atoms in total. The first-order chi connectivity index (χ1) is 12.4. The second-order valence-electron chi connectivity index (χ2n) is 8.33. The summed E-state index contributed by atoms with van der Waals surface area (Å²) in [5.74, 6) is 2.11. The number of benzene rings is 2. The molecule has 4 aliphatic rings. The molecular weight excluding hydrogens is 302 g/mol. The fourth-order valence-corrected chi connectivity index (χ4v) is 5.80. The minimum absolute atomic E-state index is 0.636. The Kier molecular flexibility index (Phi) is 4.13. The van der Waals surface area contributed by atoms with E-state index >= 15 is 0 Å². The Morgan fingerprint density at radius 2 is 1.36 bits per heavy atom. The largest absolute Gasteiger partial charge is 0.303 e. The van der Waals surface area contributed by atoms with Crippen molar-refractivity contribution in [2.24, 2.45) is 5.92 Å². The van der Waals surface area contributed by atoms with Crippen molar-refractivity contribution in [2.45, 2.75) is 50.4 Å². The quantitative estimate of drug-likeness (QED) is 0.710. The third-order valence-electron chi connectivity index (χ3n) is 6.92. The number of rotatable bonds is 4. The Bertz CT molecular complexity index is 696. The van der Waals surface area contributed by atoms with Gasteiger partial charge >= 0.3 is 0 Å². The molecule has 0 radical (unpaired) electrons. The second kappa shape index (κ2) is 6.61. The molecule has 2 aromatic rings. The highest BCUT2D eigenvalue weighted by atomic mass is 15.1. The lowest BCUT2D eigenvalue weighted by atomic mass is 9.58. The maximum atomic E-state index is 2.70. The molecule has 0 amide bonds. The summed E-state index contributed by atoms with van der Waals surface area (Å²) in [5, 5.41) is 0. The van der Waals surface area contributed by atoms with E-state index in [1.165, 1.54) is 58.2 Å². The SMILES string of the molecule is c1ccc2c(c1)C1CC(CCCN3CCCCC3)C2c2ccccc21. The molecule has 0 aromatic heterocycles. The van der Waals surface area contributed by atoms with Gasteiger partial charge in [-0.25, -0.2) is 0 Å². The summed E-state index contributed by atoms with van der Waals surface area (Å²) in [6, 6.07) is 18.5. The standard InChI is InChI=1S/C24H29N/c1-6-14-25(15-7-1)16-8-9-18-17-23-19-10-2-4-12-21(19)24(18)22-13-5-3-11-20(22)23/h2-5,10-13,18,23-24H,1,6-9,14-17H2. The smallest absolute Gasteiger partial charge is 0.0124 e. The van der Waals surface area contributed by atoms with E-state index in [2.05, 4.69) is 53.4 Å². The first-order valence-electron chi connectivity index (χ1n) is 10.3. The Balaban J connectivity index is 1.36. The molecule has 0 saturated carbocycles. The highest BCUT2D eigenvalue weighted by molar-refractivity contribution is 5.55. The first kappa shape index (κ1) is 15.6. The molecule has 1 aliphatic heterocycles. The van der Waals surface area contributed by atoms with Crippen LogP contribution in [0.2, 0.25) is 0 Å². The van der Waals surface area contributed by atoms with E-state index in [0.717, 1.165) is 5.92 Å². The van der Waals surface area contributed by atoms with Gasteiger partial charge in [0.15, 0.2) is 0 Å². The van der Waals surface area contributed by atoms with Crippen molar-refractivity contribution in [2.75, 3.05) is 19.6 Å². The van der Waals surface area contributed by atoms with E-state index in [1.807, 2.05) is 0 Å². The van der Waals surface area contributed by atoms with Crippen LogP contribution >= 0.6 is 0 Å². The van der Waals surface area contributed by atoms with Crippen molar-refractivity contribution >= 4 is 0 Å². The van der Waals surface area contributed by atoms with Gasteiger partial charge in [-0.2, -0.15) is 0 Å². The normalized spacial score (nSPS) is 27.8. The van der Waals surface area contributed by atoms with E-state index in [1.54, 1.807) is 22.3 Å². The van der Waals surface area contributed by atoms with Crippen LogP contribution in [0.5, 0.6) is 0 Å². The zero-order chi connectivity index (χ0) is 16.6. The molecular formula is C24H29N. The summed E-state index contributed by atoms with van der Waals surface area (Å²) >= 11 is 0. The van der Waals surface area contributed by atoms with E-state index in [0.29, 0.717) is 11.8 Å². The summed E-state index contributed by atoms with van der Waals surface area (Å²) in [4.78, 5) is 2.70. The predicted octanol–water partition coefficient (Wildman–Crippen LogP) is 5.55. The van der Waals surface area contributed by atoms with Crippen LogP contribution in [-0.4, -0.2) is 24.5 Å². The average molecular weight is 332 g/mol. The predicted molar refractivity (Wildman–Crippen MR) is 104 cm³/mol. The van der Waals surface area contributed by atoms with Gasteiger partial charge in [0, 0.05) is 11.8 Å². The molecule has 0 spiro atoms. The number of likely N-dealkylation sites (tertiary alicyclic amines) is 1.